The number of carbonyl (C=O) groups is 1. The number of carbonyl (C=O) groups excluding carboxylic acids is 1. The largest absolute Gasteiger partial charge is 0.361 e. The summed E-state index contributed by atoms with van der Waals surface area (Å²) in [6.45, 7) is 9.84. The average molecular weight is 396 g/mol. The van der Waals surface area contributed by atoms with Gasteiger partial charge in [0, 0.05) is 63.6 Å². The van der Waals surface area contributed by atoms with Gasteiger partial charge in [-0.1, -0.05) is 20.8 Å². The van der Waals surface area contributed by atoms with Crippen LogP contribution in [-0.2, 0) is 5.41 Å². The number of hydrogen-bond acceptors (Lipinski definition) is 7. The van der Waals surface area contributed by atoms with Gasteiger partial charge < -0.3 is 14.7 Å². The molecule has 0 bridgehead atoms. The zero-order chi connectivity index (χ0) is 20.8. The summed E-state index contributed by atoms with van der Waals surface area (Å²) in [6, 6.07) is 5.70. The van der Waals surface area contributed by atoms with Crippen LogP contribution in [0.5, 0.6) is 0 Å². The van der Waals surface area contributed by atoms with Gasteiger partial charge in [-0.05, 0) is 12.1 Å². The summed E-state index contributed by atoms with van der Waals surface area (Å²) in [5.74, 6) is 2.63. The number of nitrogens with zero attached hydrogens (tertiary/aromatic N) is 7. The van der Waals surface area contributed by atoms with Crippen molar-refractivity contribution in [3.63, 3.8) is 0 Å². The summed E-state index contributed by atoms with van der Waals surface area (Å²) >= 11 is 0. The van der Waals surface area contributed by atoms with Crippen LogP contribution in [0.2, 0.25) is 0 Å². The molecule has 2 aromatic heterocycles. The summed E-state index contributed by atoms with van der Waals surface area (Å²) in [7, 11) is 3.81. The molecule has 154 valence electrons. The molecule has 4 rings (SSSR count). The van der Waals surface area contributed by atoms with Crippen molar-refractivity contribution in [1.82, 2.24) is 25.1 Å². The van der Waals surface area contributed by atoms with Gasteiger partial charge in [0.2, 0.25) is 0 Å². The molecule has 0 aromatic carbocycles. The molecule has 2 aromatic rings. The van der Waals surface area contributed by atoms with Gasteiger partial charge >= 0.3 is 0 Å². The molecule has 2 saturated heterocycles. The highest BCUT2D eigenvalue weighted by Crippen LogP contribution is 2.34. The summed E-state index contributed by atoms with van der Waals surface area (Å²) in [4.78, 5) is 27.9. The monoisotopic (exact) mass is 395 g/mol. The van der Waals surface area contributed by atoms with Crippen LogP contribution in [0.1, 0.15) is 37.0 Å². The molecule has 8 heteroatoms. The highest BCUT2D eigenvalue weighted by molar-refractivity contribution is 5.92. The lowest BCUT2D eigenvalue weighted by atomic mass is 9.92. The van der Waals surface area contributed by atoms with E-state index >= 15 is 0 Å². The molecule has 1 amide bonds. The van der Waals surface area contributed by atoms with Crippen LogP contribution in [0.25, 0.3) is 0 Å². The number of fused-ring (bicyclic) bond motifs is 1. The Labute approximate surface area is 172 Å². The smallest absolute Gasteiger partial charge is 0.274 e. The summed E-state index contributed by atoms with van der Waals surface area (Å²) in [5, 5.41) is 8.25. The zero-order valence-electron chi connectivity index (χ0n) is 17.8. The lowest BCUT2D eigenvalue weighted by molar-refractivity contribution is 0.0775. The summed E-state index contributed by atoms with van der Waals surface area (Å²) in [5.41, 5.74) is 1.47. The molecule has 2 aliphatic heterocycles. The maximum atomic E-state index is 12.8. The predicted molar refractivity (Wildman–Crippen MR) is 112 cm³/mol. The van der Waals surface area contributed by atoms with Crippen LogP contribution in [0.15, 0.2) is 24.5 Å². The van der Waals surface area contributed by atoms with E-state index in [-0.39, 0.29) is 11.3 Å². The van der Waals surface area contributed by atoms with Gasteiger partial charge in [-0.2, -0.15) is 0 Å². The third-order valence-electron chi connectivity index (χ3n) is 5.85. The molecule has 8 nitrogen and oxygen atoms in total. The first-order chi connectivity index (χ1) is 13.7. The Morgan fingerprint density at radius 3 is 2.28 bits per heavy atom. The Morgan fingerprint density at radius 1 is 1.03 bits per heavy atom. The standard InChI is InChI=1S/C21H29N7O/c1-21(2,3)17-8-19(23-13-22-17)27-9-14-11-28(12-15(14)10-27)20(29)16-6-7-18(25-24-16)26(4)5/h6-8,13-15H,9-12H2,1-5H3. The average Bonchev–Trinajstić information content (AvgIpc) is 3.26. The van der Waals surface area contributed by atoms with Gasteiger partial charge in [0.25, 0.3) is 5.91 Å². The molecule has 0 aliphatic carbocycles. The Bertz CT molecular complexity index is 877. The molecule has 2 fully saturated rings. The second-order valence-electron chi connectivity index (χ2n) is 9.32. The van der Waals surface area contributed by atoms with Crippen LogP contribution in [0.4, 0.5) is 11.6 Å². The lowest BCUT2D eigenvalue weighted by Crippen LogP contribution is -2.34. The van der Waals surface area contributed by atoms with Gasteiger partial charge in [0.15, 0.2) is 11.5 Å². The van der Waals surface area contributed by atoms with E-state index in [1.807, 2.05) is 30.0 Å². The highest BCUT2D eigenvalue weighted by atomic mass is 16.2. The van der Waals surface area contributed by atoms with E-state index in [2.05, 4.69) is 51.9 Å². The van der Waals surface area contributed by atoms with Crippen LogP contribution < -0.4 is 9.80 Å². The van der Waals surface area contributed by atoms with E-state index in [1.165, 1.54) is 0 Å². The van der Waals surface area contributed by atoms with Crippen LogP contribution in [0.3, 0.4) is 0 Å². The first-order valence-corrected chi connectivity index (χ1v) is 10.1. The van der Waals surface area contributed by atoms with E-state index in [0.29, 0.717) is 17.5 Å². The van der Waals surface area contributed by atoms with Crippen molar-refractivity contribution in [2.45, 2.75) is 26.2 Å². The number of hydrogen-bond donors (Lipinski definition) is 0. The van der Waals surface area contributed by atoms with E-state index in [1.54, 1.807) is 12.4 Å². The quantitative estimate of drug-likeness (QED) is 0.785. The molecule has 2 atom stereocenters. The molecule has 2 aliphatic rings. The molecule has 0 radical (unpaired) electrons. The van der Waals surface area contributed by atoms with Gasteiger partial charge in [0.05, 0.1) is 5.69 Å². The van der Waals surface area contributed by atoms with Crippen molar-refractivity contribution in [3.05, 3.63) is 35.9 Å². The van der Waals surface area contributed by atoms with E-state index in [9.17, 15) is 4.79 Å². The summed E-state index contributed by atoms with van der Waals surface area (Å²) < 4.78 is 0. The second kappa shape index (κ2) is 7.24. The van der Waals surface area contributed by atoms with Crippen LogP contribution >= 0.6 is 0 Å². The number of aromatic nitrogens is 4. The van der Waals surface area contributed by atoms with Crippen molar-refractivity contribution in [2.24, 2.45) is 11.8 Å². The normalized spacial score (nSPS) is 21.4. The number of rotatable bonds is 3. The zero-order valence-corrected chi connectivity index (χ0v) is 17.8. The molecule has 0 saturated carbocycles. The van der Waals surface area contributed by atoms with Crippen molar-refractivity contribution >= 4 is 17.5 Å². The highest BCUT2D eigenvalue weighted by Gasteiger charge is 2.42. The minimum absolute atomic E-state index is 0.000327. The van der Waals surface area contributed by atoms with Gasteiger partial charge in [0.1, 0.15) is 12.1 Å². The van der Waals surface area contributed by atoms with Crippen molar-refractivity contribution < 1.29 is 4.79 Å². The molecule has 29 heavy (non-hydrogen) atoms. The fourth-order valence-corrected chi connectivity index (χ4v) is 4.12. The van der Waals surface area contributed by atoms with Crippen LogP contribution in [-0.4, -0.2) is 71.2 Å². The molecule has 4 heterocycles. The third kappa shape index (κ3) is 3.88. The molecule has 0 spiro atoms. The topological polar surface area (TPSA) is 78.4 Å². The fourth-order valence-electron chi connectivity index (χ4n) is 4.12. The fraction of sp³-hybridized carbons (Fsp3) is 0.571. The van der Waals surface area contributed by atoms with Crippen LogP contribution in [0, 0.1) is 11.8 Å². The van der Waals surface area contributed by atoms with Gasteiger partial charge in [-0.3, -0.25) is 4.79 Å². The molecule has 0 N–H and O–H groups in total. The first-order valence-electron chi connectivity index (χ1n) is 10.1. The van der Waals surface area contributed by atoms with Gasteiger partial charge in [-0.25, -0.2) is 9.97 Å². The lowest BCUT2D eigenvalue weighted by Gasteiger charge is -2.24. The maximum Gasteiger partial charge on any atom is 0.274 e. The van der Waals surface area contributed by atoms with Crippen molar-refractivity contribution in [3.8, 4) is 0 Å². The second-order valence-corrected chi connectivity index (χ2v) is 9.32. The molecular weight excluding hydrogens is 366 g/mol. The predicted octanol–water partition coefficient (Wildman–Crippen LogP) is 1.84. The Morgan fingerprint density at radius 2 is 1.72 bits per heavy atom. The van der Waals surface area contributed by atoms with Gasteiger partial charge in [-0.15, -0.1) is 10.2 Å². The first kappa shape index (κ1) is 19.5. The Kier molecular flexibility index (Phi) is 4.88. The number of amides is 1. The third-order valence-corrected chi connectivity index (χ3v) is 5.85. The molecular formula is C21H29N7O. The van der Waals surface area contributed by atoms with E-state index in [4.69, 9.17) is 0 Å². The Balaban J connectivity index is 1.41. The summed E-state index contributed by atoms with van der Waals surface area (Å²) in [6.07, 6.45) is 1.66. The minimum Gasteiger partial charge on any atom is -0.361 e. The minimum atomic E-state index is -0.0270. The maximum absolute atomic E-state index is 12.8. The Hall–Kier alpha value is -2.77. The van der Waals surface area contributed by atoms with E-state index < -0.39 is 0 Å². The van der Waals surface area contributed by atoms with Crippen molar-refractivity contribution in [2.75, 3.05) is 50.1 Å². The number of anilines is 2. The molecule has 2 unspecified atom stereocenters. The van der Waals surface area contributed by atoms with E-state index in [0.717, 1.165) is 43.5 Å². The SMILES string of the molecule is CN(C)c1ccc(C(=O)N2CC3CN(c4cc(C(C)(C)C)ncn4)CC3C2)nn1. The number of likely N-dealkylation sites (tertiary alicyclic amines) is 1. The van der Waals surface area contributed by atoms with Crippen molar-refractivity contribution in [1.29, 1.82) is 0 Å².